The first-order chi connectivity index (χ1) is 13.7. The van der Waals surface area contributed by atoms with E-state index >= 15 is 0 Å². The van der Waals surface area contributed by atoms with Crippen LogP contribution in [0.2, 0.25) is 0 Å². The van der Waals surface area contributed by atoms with Crippen molar-refractivity contribution in [3.63, 3.8) is 0 Å². The van der Waals surface area contributed by atoms with Crippen molar-refractivity contribution in [2.24, 2.45) is 5.92 Å². The number of unbranched alkanes of at least 4 members (excludes halogenated alkanes) is 13. The SMILES string of the molecule is C=CCC(CCCCCCCCCCCCCCCC)C(=O)OCC(O)CO. The van der Waals surface area contributed by atoms with Gasteiger partial charge < -0.3 is 14.9 Å². The third-order valence-corrected chi connectivity index (χ3v) is 5.32. The van der Waals surface area contributed by atoms with E-state index in [-0.39, 0.29) is 18.5 Å². The first kappa shape index (κ1) is 27.1. The summed E-state index contributed by atoms with van der Waals surface area (Å²) < 4.78 is 5.08. The zero-order valence-corrected chi connectivity index (χ0v) is 18.4. The third kappa shape index (κ3) is 17.2. The lowest BCUT2D eigenvalue weighted by Gasteiger charge is -2.15. The van der Waals surface area contributed by atoms with Gasteiger partial charge >= 0.3 is 5.97 Å². The topological polar surface area (TPSA) is 66.8 Å². The fraction of sp³-hybridized carbons (Fsp3) is 0.875. The molecule has 0 aliphatic carbocycles. The van der Waals surface area contributed by atoms with Crippen molar-refractivity contribution in [2.75, 3.05) is 13.2 Å². The van der Waals surface area contributed by atoms with Crippen molar-refractivity contribution in [3.8, 4) is 0 Å². The van der Waals surface area contributed by atoms with Gasteiger partial charge in [-0.25, -0.2) is 0 Å². The minimum Gasteiger partial charge on any atom is -0.463 e. The van der Waals surface area contributed by atoms with Gasteiger partial charge in [-0.2, -0.15) is 0 Å². The van der Waals surface area contributed by atoms with E-state index in [0.29, 0.717) is 6.42 Å². The van der Waals surface area contributed by atoms with Crippen LogP contribution in [0.3, 0.4) is 0 Å². The Labute approximate surface area is 173 Å². The lowest BCUT2D eigenvalue weighted by Crippen LogP contribution is -2.25. The molecule has 2 atom stereocenters. The second kappa shape index (κ2) is 20.9. The molecule has 0 radical (unpaired) electrons. The van der Waals surface area contributed by atoms with Crippen molar-refractivity contribution >= 4 is 5.97 Å². The first-order valence-electron chi connectivity index (χ1n) is 11.7. The van der Waals surface area contributed by atoms with Gasteiger partial charge in [-0.3, -0.25) is 4.79 Å². The van der Waals surface area contributed by atoms with Gasteiger partial charge in [0.05, 0.1) is 12.5 Å². The maximum Gasteiger partial charge on any atom is 0.309 e. The highest BCUT2D eigenvalue weighted by atomic mass is 16.5. The lowest BCUT2D eigenvalue weighted by atomic mass is 9.97. The number of rotatable bonds is 21. The molecule has 0 rings (SSSR count). The average molecular weight is 399 g/mol. The van der Waals surface area contributed by atoms with E-state index in [1.165, 1.54) is 77.0 Å². The maximum absolute atomic E-state index is 12.1. The zero-order valence-electron chi connectivity index (χ0n) is 18.4. The molecule has 0 bridgehead atoms. The predicted molar refractivity (Wildman–Crippen MR) is 117 cm³/mol. The fourth-order valence-electron chi connectivity index (χ4n) is 3.47. The van der Waals surface area contributed by atoms with E-state index in [2.05, 4.69) is 13.5 Å². The van der Waals surface area contributed by atoms with Gasteiger partial charge in [0.2, 0.25) is 0 Å². The molecule has 0 aliphatic heterocycles. The van der Waals surface area contributed by atoms with Crippen molar-refractivity contribution in [1.82, 2.24) is 0 Å². The molecule has 0 saturated heterocycles. The number of hydrogen-bond donors (Lipinski definition) is 2. The molecule has 0 heterocycles. The van der Waals surface area contributed by atoms with Crippen LogP contribution in [0.15, 0.2) is 12.7 Å². The molecule has 0 saturated carbocycles. The van der Waals surface area contributed by atoms with Crippen LogP contribution < -0.4 is 0 Å². The summed E-state index contributed by atoms with van der Waals surface area (Å²) in [5, 5.41) is 18.1. The minimum absolute atomic E-state index is 0.137. The molecule has 0 aromatic carbocycles. The Hall–Kier alpha value is -0.870. The Bertz CT molecular complexity index is 357. The van der Waals surface area contributed by atoms with Gasteiger partial charge in [0.15, 0.2) is 0 Å². The van der Waals surface area contributed by atoms with Crippen LogP contribution >= 0.6 is 0 Å². The standard InChI is InChI=1S/C24H46O4/c1-3-5-6-7-8-9-10-11-12-13-14-15-16-17-19-22(18-4-2)24(27)28-21-23(26)20-25/h4,22-23,25-26H,2-3,5-21H2,1H3. The summed E-state index contributed by atoms with van der Waals surface area (Å²) in [7, 11) is 0. The summed E-state index contributed by atoms with van der Waals surface area (Å²) in [6.45, 7) is 5.45. The second-order valence-corrected chi connectivity index (χ2v) is 8.07. The van der Waals surface area contributed by atoms with Crippen molar-refractivity contribution in [2.45, 2.75) is 116 Å². The molecule has 166 valence electrons. The molecule has 28 heavy (non-hydrogen) atoms. The largest absolute Gasteiger partial charge is 0.463 e. The molecular weight excluding hydrogens is 352 g/mol. The Morgan fingerprint density at radius 2 is 1.36 bits per heavy atom. The van der Waals surface area contributed by atoms with E-state index in [9.17, 15) is 9.90 Å². The molecule has 2 unspecified atom stereocenters. The van der Waals surface area contributed by atoms with Crippen molar-refractivity contribution in [1.29, 1.82) is 0 Å². The number of aliphatic hydroxyl groups is 2. The molecule has 0 fully saturated rings. The molecule has 4 heteroatoms. The summed E-state index contributed by atoms with van der Waals surface area (Å²) in [6, 6.07) is 0. The van der Waals surface area contributed by atoms with E-state index in [1.54, 1.807) is 6.08 Å². The second-order valence-electron chi connectivity index (χ2n) is 8.07. The van der Waals surface area contributed by atoms with Crippen molar-refractivity contribution < 1.29 is 19.7 Å². The summed E-state index contributed by atoms with van der Waals surface area (Å²) in [4.78, 5) is 12.1. The van der Waals surface area contributed by atoms with Gasteiger partial charge in [0.25, 0.3) is 0 Å². The predicted octanol–water partition coefficient (Wildman–Crippen LogP) is 5.95. The van der Waals surface area contributed by atoms with Crippen molar-refractivity contribution in [3.05, 3.63) is 12.7 Å². The lowest BCUT2D eigenvalue weighted by molar-refractivity contribution is -0.152. The Morgan fingerprint density at radius 1 is 0.893 bits per heavy atom. The molecule has 0 amide bonds. The number of carbonyl (C=O) groups is 1. The molecule has 0 aromatic rings. The average Bonchev–Trinajstić information content (AvgIpc) is 2.71. The van der Waals surface area contributed by atoms with Gasteiger partial charge in [0.1, 0.15) is 12.7 Å². The molecule has 0 aliphatic rings. The number of allylic oxidation sites excluding steroid dienone is 1. The van der Waals surface area contributed by atoms with Crippen LogP contribution in [-0.4, -0.2) is 35.5 Å². The molecule has 2 N–H and O–H groups in total. The minimum atomic E-state index is -0.991. The molecule has 0 aromatic heterocycles. The van der Waals surface area contributed by atoms with Gasteiger partial charge in [-0.15, -0.1) is 6.58 Å². The number of ether oxygens (including phenoxy) is 1. The first-order valence-corrected chi connectivity index (χ1v) is 11.7. The monoisotopic (exact) mass is 398 g/mol. The number of hydrogen-bond acceptors (Lipinski definition) is 4. The van der Waals surface area contributed by atoms with Gasteiger partial charge in [0, 0.05) is 0 Å². The Balaban J connectivity index is 3.55. The van der Waals surface area contributed by atoms with Crippen LogP contribution in [0.5, 0.6) is 0 Å². The summed E-state index contributed by atoms with van der Waals surface area (Å²) in [5.74, 6) is -0.470. The van der Waals surface area contributed by atoms with E-state index in [0.717, 1.165) is 19.3 Å². The maximum atomic E-state index is 12.1. The quantitative estimate of drug-likeness (QED) is 0.142. The fourth-order valence-corrected chi connectivity index (χ4v) is 3.47. The Kier molecular flexibility index (Phi) is 20.2. The Morgan fingerprint density at radius 3 is 1.79 bits per heavy atom. The normalized spacial score (nSPS) is 13.2. The van der Waals surface area contributed by atoms with Gasteiger partial charge in [-0.05, 0) is 12.8 Å². The summed E-state index contributed by atoms with van der Waals surface area (Å²) in [5.41, 5.74) is 0. The third-order valence-electron chi connectivity index (χ3n) is 5.32. The highest BCUT2D eigenvalue weighted by molar-refractivity contribution is 5.72. The van der Waals surface area contributed by atoms with Crippen LogP contribution in [0, 0.1) is 5.92 Å². The van der Waals surface area contributed by atoms with E-state index < -0.39 is 12.7 Å². The zero-order chi connectivity index (χ0) is 20.9. The van der Waals surface area contributed by atoms with Crippen LogP contribution in [-0.2, 0) is 9.53 Å². The van der Waals surface area contributed by atoms with E-state index in [1.807, 2.05) is 0 Å². The highest BCUT2D eigenvalue weighted by Gasteiger charge is 2.19. The highest BCUT2D eigenvalue weighted by Crippen LogP contribution is 2.18. The number of esters is 1. The summed E-state index contributed by atoms with van der Waals surface area (Å²) in [6.07, 6.45) is 20.7. The number of aliphatic hydroxyl groups excluding tert-OH is 2. The smallest absolute Gasteiger partial charge is 0.309 e. The van der Waals surface area contributed by atoms with Crippen LogP contribution in [0.4, 0.5) is 0 Å². The molecule has 4 nitrogen and oxygen atoms in total. The van der Waals surface area contributed by atoms with Crippen LogP contribution in [0.25, 0.3) is 0 Å². The van der Waals surface area contributed by atoms with Gasteiger partial charge in [-0.1, -0.05) is 103 Å². The van der Waals surface area contributed by atoms with E-state index in [4.69, 9.17) is 9.84 Å². The molecule has 0 spiro atoms. The van der Waals surface area contributed by atoms with Crippen LogP contribution in [0.1, 0.15) is 110 Å². The number of carbonyl (C=O) groups excluding carboxylic acids is 1. The molecular formula is C24H46O4. The summed E-state index contributed by atoms with van der Waals surface area (Å²) >= 11 is 0.